The Morgan fingerprint density at radius 3 is 2.56 bits per heavy atom. The molecule has 1 heterocycles. The van der Waals surface area contributed by atoms with E-state index < -0.39 is 11.9 Å². The second kappa shape index (κ2) is 8.22. The van der Waals surface area contributed by atoms with Crippen molar-refractivity contribution in [2.24, 2.45) is 5.92 Å². The topological polar surface area (TPSA) is 75.7 Å². The van der Waals surface area contributed by atoms with Gasteiger partial charge < -0.3 is 15.0 Å². The number of amides is 2. The van der Waals surface area contributed by atoms with Gasteiger partial charge in [-0.1, -0.05) is 29.8 Å². The van der Waals surface area contributed by atoms with E-state index in [-0.39, 0.29) is 18.2 Å². The van der Waals surface area contributed by atoms with E-state index >= 15 is 0 Å². The third-order valence-electron chi connectivity index (χ3n) is 4.51. The monoisotopic (exact) mass is 386 g/mol. The Labute approximate surface area is 162 Å². The molecule has 1 fully saturated rings. The van der Waals surface area contributed by atoms with Crippen molar-refractivity contribution >= 4 is 35.1 Å². The number of carbonyl (C=O) groups is 3. The zero-order valence-electron chi connectivity index (χ0n) is 14.8. The van der Waals surface area contributed by atoms with Gasteiger partial charge in [-0.15, -0.1) is 0 Å². The fraction of sp³-hybridized carbons (Fsp3) is 0.250. The molecule has 140 valence electrons. The molecule has 1 aliphatic rings. The number of carbonyl (C=O) groups excluding carboxylic acids is 3. The van der Waals surface area contributed by atoms with Crippen LogP contribution in [0.2, 0.25) is 5.02 Å². The highest BCUT2D eigenvalue weighted by Gasteiger charge is 2.35. The summed E-state index contributed by atoms with van der Waals surface area (Å²) in [4.78, 5) is 37.8. The van der Waals surface area contributed by atoms with Crippen LogP contribution in [-0.4, -0.2) is 31.4 Å². The molecule has 2 amide bonds. The van der Waals surface area contributed by atoms with E-state index in [0.717, 1.165) is 5.56 Å². The van der Waals surface area contributed by atoms with Crippen LogP contribution in [0, 0.1) is 5.92 Å². The van der Waals surface area contributed by atoms with Gasteiger partial charge in [0.2, 0.25) is 11.8 Å². The molecule has 1 aliphatic heterocycles. The molecule has 0 aliphatic carbocycles. The van der Waals surface area contributed by atoms with E-state index in [0.29, 0.717) is 29.4 Å². The highest BCUT2D eigenvalue weighted by atomic mass is 35.5. The van der Waals surface area contributed by atoms with Gasteiger partial charge in [0.1, 0.15) is 0 Å². The number of methoxy groups -OCH3 is 1. The summed E-state index contributed by atoms with van der Waals surface area (Å²) in [6.07, 6.45) is 0.146. The van der Waals surface area contributed by atoms with Crippen LogP contribution in [0.1, 0.15) is 22.3 Å². The van der Waals surface area contributed by atoms with Crippen LogP contribution < -0.4 is 10.2 Å². The Morgan fingerprint density at radius 1 is 1.19 bits per heavy atom. The molecule has 2 aromatic rings. The lowest BCUT2D eigenvalue weighted by Gasteiger charge is -2.17. The van der Waals surface area contributed by atoms with Crippen molar-refractivity contribution in [3.8, 4) is 0 Å². The summed E-state index contributed by atoms with van der Waals surface area (Å²) in [7, 11) is 1.31. The maximum atomic E-state index is 12.4. The SMILES string of the molecule is COC(=O)c1ccc(N2CC(C(=O)NCc3ccccc3Cl)CC2=O)cc1. The first-order valence-corrected chi connectivity index (χ1v) is 8.87. The average Bonchev–Trinajstić information content (AvgIpc) is 3.08. The van der Waals surface area contributed by atoms with Crippen LogP contribution in [0.25, 0.3) is 0 Å². The van der Waals surface area contributed by atoms with Gasteiger partial charge >= 0.3 is 5.97 Å². The quantitative estimate of drug-likeness (QED) is 0.802. The predicted molar refractivity (Wildman–Crippen MR) is 102 cm³/mol. The van der Waals surface area contributed by atoms with E-state index in [1.165, 1.54) is 7.11 Å². The van der Waals surface area contributed by atoms with Gasteiger partial charge in [-0.25, -0.2) is 4.79 Å². The van der Waals surface area contributed by atoms with Gasteiger partial charge in [0.25, 0.3) is 0 Å². The Bertz CT molecular complexity index is 867. The average molecular weight is 387 g/mol. The second-order valence-electron chi connectivity index (χ2n) is 6.25. The van der Waals surface area contributed by atoms with Crippen LogP contribution >= 0.6 is 11.6 Å². The van der Waals surface area contributed by atoms with Gasteiger partial charge in [-0.3, -0.25) is 9.59 Å². The molecule has 3 rings (SSSR count). The van der Waals surface area contributed by atoms with E-state index in [1.807, 2.05) is 18.2 Å². The number of hydrogen-bond donors (Lipinski definition) is 1. The number of nitrogens with one attached hydrogen (secondary N) is 1. The Balaban J connectivity index is 1.62. The highest BCUT2D eigenvalue weighted by Crippen LogP contribution is 2.26. The summed E-state index contributed by atoms with van der Waals surface area (Å²) in [5.74, 6) is -1.18. The molecule has 0 aromatic heterocycles. The first kappa shape index (κ1) is 18.9. The second-order valence-corrected chi connectivity index (χ2v) is 6.66. The maximum absolute atomic E-state index is 12.4. The summed E-state index contributed by atoms with van der Waals surface area (Å²) < 4.78 is 4.66. The standard InChI is InChI=1S/C20H19ClN2O4/c1-27-20(26)13-6-8-16(9-7-13)23-12-15(10-18(23)24)19(25)22-11-14-4-2-3-5-17(14)21/h2-9,15H,10-12H2,1H3,(H,22,25). The molecular formula is C20H19ClN2O4. The first-order valence-electron chi connectivity index (χ1n) is 8.49. The lowest BCUT2D eigenvalue weighted by atomic mass is 10.1. The highest BCUT2D eigenvalue weighted by molar-refractivity contribution is 6.31. The largest absolute Gasteiger partial charge is 0.465 e. The van der Waals surface area contributed by atoms with Gasteiger partial charge in [-0.2, -0.15) is 0 Å². The minimum Gasteiger partial charge on any atom is -0.465 e. The minimum atomic E-state index is -0.439. The summed E-state index contributed by atoms with van der Waals surface area (Å²) in [5, 5.41) is 3.43. The fourth-order valence-electron chi connectivity index (χ4n) is 3.00. The fourth-order valence-corrected chi connectivity index (χ4v) is 3.20. The van der Waals surface area contributed by atoms with Crippen LogP contribution in [-0.2, 0) is 20.9 Å². The van der Waals surface area contributed by atoms with E-state index in [1.54, 1.807) is 35.2 Å². The third kappa shape index (κ3) is 4.28. The smallest absolute Gasteiger partial charge is 0.337 e. The van der Waals surface area contributed by atoms with Crippen molar-refractivity contribution in [2.75, 3.05) is 18.6 Å². The molecule has 1 unspecified atom stereocenters. The lowest BCUT2D eigenvalue weighted by molar-refractivity contribution is -0.126. The van der Waals surface area contributed by atoms with Gasteiger partial charge in [0.15, 0.2) is 0 Å². The number of hydrogen-bond acceptors (Lipinski definition) is 4. The molecule has 1 atom stereocenters. The van der Waals surface area contributed by atoms with Crippen molar-refractivity contribution < 1.29 is 19.1 Å². The molecule has 0 spiro atoms. The Kier molecular flexibility index (Phi) is 5.76. The molecule has 0 saturated carbocycles. The van der Waals surface area contributed by atoms with Crippen molar-refractivity contribution in [3.63, 3.8) is 0 Å². The summed E-state index contributed by atoms with van der Waals surface area (Å²) in [6, 6.07) is 13.8. The number of ether oxygens (including phenoxy) is 1. The van der Waals surface area contributed by atoms with Crippen LogP contribution in [0.4, 0.5) is 5.69 Å². The normalized spacial score (nSPS) is 16.3. The van der Waals surface area contributed by atoms with Crippen LogP contribution in [0.5, 0.6) is 0 Å². The summed E-state index contributed by atoms with van der Waals surface area (Å²) in [5.41, 5.74) is 1.88. The van der Waals surface area contributed by atoms with E-state index in [9.17, 15) is 14.4 Å². The molecule has 27 heavy (non-hydrogen) atoms. The molecule has 1 saturated heterocycles. The van der Waals surface area contributed by atoms with Crippen LogP contribution in [0.3, 0.4) is 0 Å². The first-order chi connectivity index (χ1) is 13.0. The Hall–Kier alpha value is -2.86. The van der Waals surface area contributed by atoms with Crippen molar-refractivity contribution in [3.05, 3.63) is 64.7 Å². The van der Waals surface area contributed by atoms with Crippen LogP contribution in [0.15, 0.2) is 48.5 Å². The number of nitrogens with zero attached hydrogens (tertiary/aromatic N) is 1. The van der Waals surface area contributed by atoms with Crippen molar-refractivity contribution in [1.29, 1.82) is 0 Å². The number of esters is 1. The van der Waals surface area contributed by atoms with Crippen molar-refractivity contribution in [2.45, 2.75) is 13.0 Å². The Morgan fingerprint density at radius 2 is 1.89 bits per heavy atom. The van der Waals surface area contributed by atoms with Gasteiger partial charge in [0.05, 0.1) is 18.6 Å². The summed E-state index contributed by atoms with van der Waals surface area (Å²) in [6.45, 7) is 0.613. The minimum absolute atomic E-state index is 0.126. The summed E-state index contributed by atoms with van der Waals surface area (Å²) >= 11 is 6.09. The number of benzene rings is 2. The lowest BCUT2D eigenvalue weighted by Crippen LogP contribution is -2.32. The molecule has 7 heteroatoms. The third-order valence-corrected chi connectivity index (χ3v) is 4.88. The molecular weight excluding hydrogens is 368 g/mol. The van der Waals surface area contributed by atoms with E-state index in [4.69, 9.17) is 11.6 Å². The molecule has 2 aromatic carbocycles. The zero-order chi connectivity index (χ0) is 19.4. The van der Waals surface area contributed by atoms with Gasteiger partial charge in [-0.05, 0) is 35.9 Å². The number of rotatable bonds is 5. The van der Waals surface area contributed by atoms with Gasteiger partial charge in [0, 0.05) is 30.2 Å². The van der Waals surface area contributed by atoms with E-state index in [2.05, 4.69) is 10.1 Å². The molecule has 1 N–H and O–H groups in total. The maximum Gasteiger partial charge on any atom is 0.337 e. The zero-order valence-corrected chi connectivity index (χ0v) is 15.5. The number of anilines is 1. The molecule has 0 radical (unpaired) electrons. The molecule has 6 nitrogen and oxygen atoms in total. The predicted octanol–water partition coefficient (Wildman–Crippen LogP) is 2.80. The number of halogens is 1. The molecule has 0 bridgehead atoms. The van der Waals surface area contributed by atoms with Crippen molar-refractivity contribution in [1.82, 2.24) is 5.32 Å².